The molecule has 3 rings (SSSR count). The summed E-state index contributed by atoms with van der Waals surface area (Å²) in [6.45, 7) is 2.68. The Balaban J connectivity index is 1.82. The Morgan fingerprint density at radius 2 is 1.86 bits per heavy atom. The SMILES string of the molecule is Cc1cccc2c(NCc3ccc(C(=O)O)cc3)nccc12. The first-order valence-electron chi connectivity index (χ1n) is 7.05. The number of benzene rings is 2. The summed E-state index contributed by atoms with van der Waals surface area (Å²) in [6, 6.07) is 15.0. The van der Waals surface area contributed by atoms with Crippen LogP contribution in [0.2, 0.25) is 0 Å². The number of carbonyl (C=O) groups is 1. The summed E-state index contributed by atoms with van der Waals surface area (Å²) in [5, 5.41) is 14.5. The summed E-state index contributed by atoms with van der Waals surface area (Å²) in [5.74, 6) is -0.0748. The minimum atomic E-state index is -0.911. The molecule has 0 radical (unpaired) electrons. The monoisotopic (exact) mass is 292 g/mol. The number of aromatic carboxylic acids is 1. The van der Waals surface area contributed by atoms with Gasteiger partial charge in [0.2, 0.25) is 0 Å². The van der Waals surface area contributed by atoms with Gasteiger partial charge >= 0.3 is 5.97 Å². The van der Waals surface area contributed by atoms with Gasteiger partial charge in [0.05, 0.1) is 5.56 Å². The highest BCUT2D eigenvalue weighted by Crippen LogP contribution is 2.24. The molecule has 3 aromatic rings. The number of carboxylic acid groups (broad SMARTS) is 1. The molecular formula is C18H16N2O2. The normalized spacial score (nSPS) is 10.6. The van der Waals surface area contributed by atoms with E-state index in [9.17, 15) is 4.79 Å². The molecule has 4 nitrogen and oxygen atoms in total. The van der Waals surface area contributed by atoms with Crippen LogP contribution in [0.25, 0.3) is 10.8 Å². The highest BCUT2D eigenvalue weighted by Gasteiger charge is 2.05. The van der Waals surface area contributed by atoms with Crippen molar-refractivity contribution < 1.29 is 9.90 Å². The predicted octanol–water partition coefficient (Wildman–Crippen LogP) is 3.85. The van der Waals surface area contributed by atoms with Crippen LogP contribution in [-0.2, 0) is 6.54 Å². The van der Waals surface area contributed by atoms with E-state index < -0.39 is 5.97 Å². The Morgan fingerprint density at radius 1 is 1.09 bits per heavy atom. The minimum Gasteiger partial charge on any atom is -0.478 e. The van der Waals surface area contributed by atoms with Gasteiger partial charge in [0.15, 0.2) is 0 Å². The Labute approximate surface area is 128 Å². The first kappa shape index (κ1) is 14.1. The summed E-state index contributed by atoms with van der Waals surface area (Å²) in [7, 11) is 0. The van der Waals surface area contributed by atoms with E-state index in [1.807, 2.05) is 30.3 Å². The van der Waals surface area contributed by atoms with E-state index in [4.69, 9.17) is 5.11 Å². The van der Waals surface area contributed by atoms with Gasteiger partial charge in [0.1, 0.15) is 5.82 Å². The molecule has 0 atom stereocenters. The van der Waals surface area contributed by atoms with Crippen molar-refractivity contribution in [1.82, 2.24) is 4.98 Å². The van der Waals surface area contributed by atoms with E-state index in [0.717, 1.165) is 16.8 Å². The third-order valence-corrected chi connectivity index (χ3v) is 3.68. The van der Waals surface area contributed by atoms with Crippen LogP contribution in [-0.4, -0.2) is 16.1 Å². The summed E-state index contributed by atoms with van der Waals surface area (Å²) < 4.78 is 0. The van der Waals surface area contributed by atoms with Crippen molar-refractivity contribution in [3.05, 3.63) is 71.4 Å². The number of rotatable bonds is 4. The number of aromatic nitrogens is 1. The average Bonchev–Trinajstić information content (AvgIpc) is 2.54. The number of fused-ring (bicyclic) bond motifs is 1. The lowest BCUT2D eigenvalue weighted by Crippen LogP contribution is -2.03. The quantitative estimate of drug-likeness (QED) is 0.766. The van der Waals surface area contributed by atoms with Crippen molar-refractivity contribution >= 4 is 22.6 Å². The lowest BCUT2D eigenvalue weighted by Gasteiger charge is -2.10. The largest absolute Gasteiger partial charge is 0.478 e. The average molecular weight is 292 g/mol. The van der Waals surface area contributed by atoms with Crippen molar-refractivity contribution in [2.45, 2.75) is 13.5 Å². The van der Waals surface area contributed by atoms with E-state index in [0.29, 0.717) is 12.1 Å². The summed E-state index contributed by atoms with van der Waals surface area (Å²) >= 11 is 0. The lowest BCUT2D eigenvalue weighted by molar-refractivity contribution is 0.0697. The zero-order chi connectivity index (χ0) is 15.5. The van der Waals surface area contributed by atoms with Crippen LogP contribution in [0.4, 0.5) is 5.82 Å². The third-order valence-electron chi connectivity index (χ3n) is 3.68. The van der Waals surface area contributed by atoms with Gasteiger partial charge in [0, 0.05) is 18.1 Å². The second kappa shape index (κ2) is 5.85. The van der Waals surface area contributed by atoms with Crippen molar-refractivity contribution in [1.29, 1.82) is 0 Å². The number of nitrogens with zero attached hydrogens (tertiary/aromatic N) is 1. The Hall–Kier alpha value is -2.88. The van der Waals surface area contributed by atoms with Crippen LogP contribution in [0, 0.1) is 6.92 Å². The van der Waals surface area contributed by atoms with Gasteiger partial charge in [-0.15, -0.1) is 0 Å². The van der Waals surface area contributed by atoms with E-state index in [2.05, 4.69) is 23.3 Å². The van der Waals surface area contributed by atoms with Crippen molar-refractivity contribution in [3.8, 4) is 0 Å². The van der Waals surface area contributed by atoms with Gasteiger partial charge in [-0.25, -0.2) is 9.78 Å². The highest BCUT2D eigenvalue weighted by atomic mass is 16.4. The molecule has 22 heavy (non-hydrogen) atoms. The molecule has 2 aromatic carbocycles. The fraction of sp³-hybridized carbons (Fsp3) is 0.111. The molecule has 0 fully saturated rings. The Kier molecular flexibility index (Phi) is 3.74. The van der Waals surface area contributed by atoms with Crippen LogP contribution < -0.4 is 5.32 Å². The minimum absolute atomic E-state index is 0.294. The standard InChI is InChI=1S/C18H16N2O2/c1-12-3-2-4-16-15(12)9-10-19-17(16)20-11-13-5-7-14(8-6-13)18(21)22/h2-10H,11H2,1H3,(H,19,20)(H,21,22). The number of anilines is 1. The van der Waals surface area contributed by atoms with E-state index >= 15 is 0 Å². The van der Waals surface area contributed by atoms with Crippen LogP contribution in [0.3, 0.4) is 0 Å². The maximum absolute atomic E-state index is 10.8. The molecular weight excluding hydrogens is 276 g/mol. The topological polar surface area (TPSA) is 62.2 Å². The van der Waals surface area contributed by atoms with Crippen LogP contribution in [0.15, 0.2) is 54.7 Å². The fourth-order valence-electron chi connectivity index (χ4n) is 2.46. The molecule has 0 spiro atoms. The molecule has 0 saturated heterocycles. The number of nitrogens with one attached hydrogen (secondary N) is 1. The molecule has 0 saturated carbocycles. The van der Waals surface area contributed by atoms with Gasteiger partial charge in [0.25, 0.3) is 0 Å². The smallest absolute Gasteiger partial charge is 0.335 e. The second-order valence-electron chi connectivity index (χ2n) is 5.19. The van der Waals surface area contributed by atoms with Crippen LogP contribution in [0.1, 0.15) is 21.5 Å². The zero-order valence-electron chi connectivity index (χ0n) is 12.2. The van der Waals surface area contributed by atoms with Gasteiger partial charge in [-0.2, -0.15) is 0 Å². The highest BCUT2D eigenvalue weighted by molar-refractivity contribution is 5.93. The summed E-state index contributed by atoms with van der Waals surface area (Å²) in [4.78, 5) is 15.2. The third kappa shape index (κ3) is 2.76. The maximum atomic E-state index is 10.8. The Bertz CT molecular complexity index is 826. The van der Waals surface area contributed by atoms with Crippen LogP contribution in [0.5, 0.6) is 0 Å². The predicted molar refractivity (Wildman–Crippen MR) is 87.2 cm³/mol. The van der Waals surface area contributed by atoms with Gasteiger partial charge < -0.3 is 10.4 Å². The van der Waals surface area contributed by atoms with Gasteiger partial charge in [-0.05, 0) is 41.6 Å². The first-order chi connectivity index (χ1) is 10.6. The fourth-order valence-corrected chi connectivity index (χ4v) is 2.46. The molecule has 110 valence electrons. The lowest BCUT2D eigenvalue weighted by atomic mass is 10.1. The number of pyridine rings is 1. The summed E-state index contributed by atoms with van der Waals surface area (Å²) in [6.07, 6.45) is 1.80. The van der Waals surface area contributed by atoms with Crippen molar-refractivity contribution in [2.24, 2.45) is 0 Å². The van der Waals surface area contributed by atoms with E-state index in [1.165, 1.54) is 10.9 Å². The molecule has 4 heteroatoms. The molecule has 0 aliphatic heterocycles. The molecule has 0 aliphatic carbocycles. The molecule has 0 aliphatic rings. The molecule has 0 unspecified atom stereocenters. The van der Waals surface area contributed by atoms with Crippen molar-refractivity contribution in [3.63, 3.8) is 0 Å². The number of aryl methyl sites for hydroxylation is 1. The Morgan fingerprint density at radius 3 is 2.59 bits per heavy atom. The number of carboxylic acids is 1. The van der Waals surface area contributed by atoms with Crippen LogP contribution >= 0.6 is 0 Å². The molecule has 1 heterocycles. The number of hydrogen-bond donors (Lipinski definition) is 2. The molecule has 0 amide bonds. The maximum Gasteiger partial charge on any atom is 0.335 e. The van der Waals surface area contributed by atoms with Gasteiger partial charge in [-0.1, -0.05) is 30.3 Å². The molecule has 2 N–H and O–H groups in total. The van der Waals surface area contributed by atoms with Crippen molar-refractivity contribution in [2.75, 3.05) is 5.32 Å². The summed E-state index contributed by atoms with van der Waals surface area (Å²) in [5.41, 5.74) is 2.52. The number of hydrogen-bond acceptors (Lipinski definition) is 3. The zero-order valence-corrected chi connectivity index (χ0v) is 12.2. The second-order valence-corrected chi connectivity index (χ2v) is 5.19. The molecule has 0 bridgehead atoms. The van der Waals surface area contributed by atoms with E-state index in [1.54, 1.807) is 18.3 Å². The van der Waals surface area contributed by atoms with E-state index in [-0.39, 0.29) is 0 Å². The molecule has 1 aromatic heterocycles. The van der Waals surface area contributed by atoms with Gasteiger partial charge in [-0.3, -0.25) is 0 Å². The first-order valence-corrected chi connectivity index (χ1v) is 7.05.